The first-order valence-electron chi connectivity index (χ1n) is 6.09. The standard InChI is InChI=1S/C14H23NO2S/c1-10-6-7-12(8-11(10)2)13(15)9-18(16,17)14(3,4)5/h6-8,13H,9,15H2,1-5H3. The maximum atomic E-state index is 12.1. The third kappa shape index (κ3) is 3.33. The zero-order valence-electron chi connectivity index (χ0n) is 11.8. The molecule has 0 amide bonds. The third-order valence-corrected chi connectivity index (χ3v) is 5.96. The molecule has 0 fully saturated rings. The van der Waals surface area contributed by atoms with Gasteiger partial charge in [0.25, 0.3) is 0 Å². The van der Waals surface area contributed by atoms with Gasteiger partial charge in [-0.3, -0.25) is 0 Å². The molecule has 0 aliphatic carbocycles. The predicted molar refractivity (Wildman–Crippen MR) is 76.4 cm³/mol. The van der Waals surface area contributed by atoms with Gasteiger partial charge in [0.2, 0.25) is 0 Å². The minimum Gasteiger partial charge on any atom is -0.323 e. The fourth-order valence-corrected chi connectivity index (χ4v) is 2.74. The van der Waals surface area contributed by atoms with Crippen molar-refractivity contribution in [2.75, 3.05) is 5.75 Å². The van der Waals surface area contributed by atoms with E-state index in [0.717, 1.165) is 11.1 Å². The molecule has 0 aromatic heterocycles. The Bertz CT molecular complexity index is 527. The summed E-state index contributed by atoms with van der Waals surface area (Å²) >= 11 is 0. The molecule has 18 heavy (non-hydrogen) atoms. The van der Waals surface area contributed by atoms with Crippen LogP contribution in [0.15, 0.2) is 18.2 Å². The lowest BCUT2D eigenvalue weighted by molar-refractivity contribution is 0.553. The van der Waals surface area contributed by atoms with Crippen LogP contribution in [0.4, 0.5) is 0 Å². The van der Waals surface area contributed by atoms with Gasteiger partial charge < -0.3 is 5.73 Å². The summed E-state index contributed by atoms with van der Waals surface area (Å²) in [7, 11) is -3.19. The van der Waals surface area contributed by atoms with Crippen molar-refractivity contribution in [3.63, 3.8) is 0 Å². The molecule has 0 saturated carbocycles. The number of nitrogens with two attached hydrogens (primary N) is 1. The molecule has 1 rings (SSSR count). The molecule has 2 N–H and O–H groups in total. The Morgan fingerprint density at radius 3 is 2.17 bits per heavy atom. The lowest BCUT2D eigenvalue weighted by Crippen LogP contribution is -2.34. The van der Waals surface area contributed by atoms with Gasteiger partial charge in [-0.25, -0.2) is 8.42 Å². The second kappa shape index (κ2) is 5.02. The minimum atomic E-state index is -3.19. The molecule has 0 radical (unpaired) electrons. The lowest BCUT2D eigenvalue weighted by atomic mass is 10.0. The van der Waals surface area contributed by atoms with Crippen LogP contribution in [0.5, 0.6) is 0 Å². The van der Waals surface area contributed by atoms with Crippen molar-refractivity contribution < 1.29 is 8.42 Å². The number of hydrogen-bond acceptors (Lipinski definition) is 3. The van der Waals surface area contributed by atoms with E-state index in [1.54, 1.807) is 20.8 Å². The molecule has 0 bridgehead atoms. The van der Waals surface area contributed by atoms with Gasteiger partial charge in [0, 0.05) is 6.04 Å². The molecule has 1 atom stereocenters. The lowest BCUT2D eigenvalue weighted by Gasteiger charge is -2.22. The minimum absolute atomic E-state index is 0.0149. The van der Waals surface area contributed by atoms with Crippen LogP contribution in [0.2, 0.25) is 0 Å². The molecule has 0 saturated heterocycles. The predicted octanol–water partition coefficient (Wildman–Crippen LogP) is 2.52. The fourth-order valence-electron chi connectivity index (χ4n) is 1.58. The van der Waals surface area contributed by atoms with Crippen molar-refractivity contribution in [1.29, 1.82) is 0 Å². The molecule has 0 spiro atoms. The number of benzene rings is 1. The van der Waals surface area contributed by atoms with Crippen LogP contribution in [0, 0.1) is 13.8 Å². The van der Waals surface area contributed by atoms with Gasteiger partial charge in [0.15, 0.2) is 9.84 Å². The molecular weight excluding hydrogens is 246 g/mol. The van der Waals surface area contributed by atoms with Crippen LogP contribution < -0.4 is 5.73 Å². The summed E-state index contributed by atoms with van der Waals surface area (Å²) in [5, 5.41) is 0. The summed E-state index contributed by atoms with van der Waals surface area (Å²) in [4.78, 5) is 0. The highest BCUT2D eigenvalue weighted by Gasteiger charge is 2.31. The van der Waals surface area contributed by atoms with Gasteiger partial charge in [0.1, 0.15) is 0 Å². The highest BCUT2D eigenvalue weighted by atomic mass is 32.2. The van der Waals surface area contributed by atoms with E-state index in [9.17, 15) is 8.42 Å². The number of aryl methyl sites for hydroxylation is 2. The molecule has 0 aliphatic heterocycles. The van der Waals surface area contributed by atoms with E-state index in [-0.39, 0.29) is 5.75 Å². The number of rotatable bonds is 3. The van der Waals surface area contributed by atoms with Gasteiger partial charge in [0.05, 0.1) is 10.5 Å². The van der Waals surface area contributed by atoms with Gasteiger partial charge in [-0.2, -0.15) is 0 Å². The maximum absolute atomic E-state index is 12.1. The van der Waals surface area contributed by atoms with Crippen LogP contribution in [-0.2, 0) is 9.84 Å². The molecule has 3 nitrogen and oxygen atoms in total. The van der Waals surface area contributed by atoms with Crippen molar-refractivity contribution in [3.8, 4) is 0 Å². The first-order valence-corrected chi connectivity index (χ1v) is 7.75. The van der Waals surface area contributed by atoms with E-state index in [1.165, 1.54) is 5.56 Å². The summed E-state index contributed by atoms with van der Waals surface area (Å²) < 4.78 is 23.5. The van der Waals surface area contributed by atoms with Gasteiger partial charge in [-0.05, 0) is 51.3 Å². The Morgan fingerprint density at radius 1 is 1.17 bits per heavy atom. The van der Waals surface area contributed by atoms with Crippen LogP contribution in [-0.4, -0.2) is 18.9 Å². The molecule has 102 valence electrons. The molecule has 1 aromatic carbocycles. The molecule has 4 heteroatoms. The first-order chi connectivity index (χ1) is 8.04. The van der Waals surface area contributed by atoms with Crippen LogP contribution in [0.1, 0.15) is 43.5 Å². The van der Waals surface area contributed by atoms with E-state index in [1.807, 2.05) is 32.0 Å². The fraction of sp³-hybridized carbons (Fsp3) is 0.571. The van der Waals surface area contributed by atoms with Crippen molar-refractivity contribution in [2.24, 2.45) is 5.73 Å². The Morgan fingerprint density at radius 2 is 1.72 bits per heavy atom. The van der Waals surface area contributed by atoms with Crippen molar-refractivity contribution >= 4 is 9.84 Å². The maximum Gasteiger partial charge on any atom is 0.157 e. The normalized spacial score (nSPS) is 14.6. The monoisotopic (exact) mass is 269 g/mol. The second-order valence-electron chi connectivity index (χ2n) is 5.84. The topological polar surface area (TPSA) is 60.2 Å². The summed E-state index contributed by atoms with van der Waals surface area (Å²) in [6.07, 6.45) is 0. The quantitative estimate of drug-likeness (QED) is 0.917. The Kier molecular flexibility index (Phi) is 4.23. The van der Waals surface area contributed by atoms with Crippen molar-refractivity contribution in [1.82, 2.24) is 0 Å². The Balaban J connectivity index is 2.96. The molecule has 0 heterocycles. The summed E-state index contributed by atoms with van der Waals surface area (Å²) in [6.45, 7) is 9.14. The van der Waals surface area contributed by atoms with Gasteiger partial charge in [-0.15, -0.1) is 0 Å². The van der Waals surface area contributed by atoms with Crippen LogP contribution in [0.25, 0.3) is 0 Å². The smallest absolute Gasteiger partial charge is 0.157 e. The van der Waals surface area contributed by atoms with Crippen molar-refractivity contribution in [3.05, 3.63) is 34.9 Å². The van der Waals surface area contributed by atoms with Crippen LogP contribution in [0.3, 0.4) is 0 Å². The summed E-state index contributed by atoms with van der Waals surface area (Å²) in [6, 6.07) is 5.39. The van der Waals surface area contributed by atoms with E-state index < -0.39 is 20.6 Å². The van der Waals surface area contributed by atoms with Crippen LogP contribution >= 0.6 is 0 Å². The molecule has 1 unspecified atom stereocenters. The average Bonchev–Trinajstić information content (AvgIpc) is 2.19. The Hall–Kier alpha value is -0.870. The highest BCUT2D eigenvalue weighted by Crippen LogP contribution is 2.22. The molecular formula is C14H23NO2S. The van der Waals surface area contributed by atoms with Gasteiger partial charge in [-0.1, -0.05) is 18.2 Å². The average molecular weight is 269 g/mol. The van der Waals surface area contributed by atoms with E-state index in [4.69, 9.17) is 5.73 Å². The number of hydrogen-bond donors (Lipinski definition) is 1. The number of sulfone groups is 1. The van der Waals surface area contributed by atoms with Crippen molar-refractivity contribution in [2.45, 2.75) is 45.4 Å². The second-order valence-corrected chi connectivity index (χ2v) is 8.63. The largest absolute Gasteiger partial charge is 0.323 e. The highest BCUT2D eigenvalue weighted by molar-refractivity contribution is 7.92. The first kappa shape index (κ1) is 15.2. The zero-order chi connectivity index (χ0) is 14.1. The summed E-state index contributed by atoms with van der Waals surface area (Å²) in [5.74, 6) is -0.0149. The summed E-state index contributed by atoms with van der Waals surface area (Å²) in [5.41, 5.74) is 9.22. The molecule has 1 aromatic rings. The van der Waals surface area contributed by atoms with E-state index >= 15 is 0 Å². The van der Waals surface area contributed by atoms with E-state index in [2.05, 4.69) is 0 Å². The SMILES string of the molecule is Cc1ccc(C(N)CS(=O)(=O)C(C)(C)C)cc1C. The van der Waals surface area contributed by atoms with E-state index in [0.29, 0.717) is 0 Å². The molecule has 0 aliphatic rings. The Labute approximate surface area is 110 Å². The third-order valence-electron chi connectivity index (χ3n) is 3.29. The zero-order valence-corrected chi connectivity index (χ0v) is 12.6. The van der Waals surface area contributed by atoms with Gasteiger partial charge >= 0.3 is 0 Å².